The van der Waals surface area contributed by atoms with Crippen LogP contribution in [0, 0.1) is 0 Å². The first-order valence-electron chi connectivity index (χ1n) is 24.7. The molecule has 4 aliphatic heterocycles. The first-order chi connectivity index (χ1) is 39.1. The third kappa shape index (κ3) is 9.72. The van der Waals surface area contributed by atoms with Crippen LogP contribution in [0.2, 0.25) is 0 Å². The molecule has 0 fully saturated rings. The van der Waals surface area contributed by atoms with Gasteiger partial charge in [0.1, 0.15) is 23.0 Å². The summed E-state index contributed by atoms with van der Waals surface area (Å²) in [5, 5.41) is 0.948. The normalized spacial score (nSPS) is 14.6. The molecule has 12 rings (SSSR count). The van der Waals surface area contributed by atoms with Crippen molar-refractivity contribution >= 4 is 68.8 Å². The minimum absolute atomic E-state index is 0.0477. The van der Waals surface area contributed by atoms with Crippen LogP contribution in [0.3, 0.4) is 0 Å². The van der Waals surface area contributed by atoms with Crippen LogP contribution in [-0.2, 0) is 26.2 Å². The summed E-state index contributed by atoms with van der Waals surface area (Å²) in [5.41, 5.74) is 3.56. The molecule has 0 bridgehead atoms. The molecule has 0 aromatic heterocycles. The highest BCUT2D eigenvalue weighted by molar-refractivity contribution is 6.34. The molecule has 0 radical (unpaired) electrons. The zero-order valence-corrected chi connectivity index (χ0v) is 42.6. The standard InChI is InChI=1S/C30H16F6N2O6.C30H22N2O6/c31-29(32,33)43-17-5-1-15(2-6-17)13-37-25(39)19-9-11-21-24-22(12-10-20(23(19)24)26(37)40)28(42)38(27(21)41)14-16-3-7-18(8-4-16)44-30(34,35)36;1-37-19-7-3-17(4-8-19)15-31-27(33)21-11-13-23-26-24(14-12-22(25(21)26)28(31)34)30(36)32(29(23)35)16-18-5-9-20(38-2)10-6-18/h1-12H,13-14H2;3-14H,15-16H2,1-2H3. The lowest BCUT2D eigenvalue weighted by Gasteiger charge is -2.32. The first kappa shape index (κ1) is 53.6. The highest BCUT2D eigenvalue weighted by atomic mass is 19.4. The second-order valence-electron chi connectivity index (χ2n) is 19.0. The van der Waals surface area contributed by atoms with Gasteiger partial charge in [0.2, 0.25) is 0 Å². The number of hydrogen-bond acceptors (Lipinski definition) is 12. The van der Waals surface area contributed by atoms with Crippen LogP contribution in [0.1, 0.15) is 105 Å². The summed E-state index contributed by atoms with van der Waals surface area (Å²) in [6, 6.07) is 35.2. The maximum absolute atomic E-state index is 13.5. The Morgan fingerprint density at radius 1 is 0.280 bits per heavy atom. The molecule has 0 aliphatic carbocycles. The molecule has 8 amide bonds. The minimum Gasteiger partial charge on any atom is -0.497 e. The van der Waals surface area contributed by atoms with Crippen molar-refractivity contribution in [2.45, 2.75) is 38.9 Å². The molecule has 0 atom stereocenters. The number of methoxy groups -OCH3 is 2. The van der Waals surface area contributed by atoms with Crippen molar-refractivity contribution in [2.75, 3.05) is 14.2 Å². The van der Waals surface area contributed by atoms with E-state index in [9.17, 15) is 64.7 Å². The lowest BCUT2D eigenvalue weighted by atomic mass is 9.85. The molecule has 16 nitrogen and oxygen atoms in total. The fraction of sp³-hybridized carbons (Fsp3) is 0.133. The van der Waals surface area contributed by atoms with E-state index in [1.54, 1.807) is 87.0 Å². The van der Waals surface area contributed by atoms with Gasteiger partial charge in [-0.15, -0.1) is 26.3 Å². The summed E-state index contributed by atoms with van der Waals surface area (Å²) in [7, 11) is 3.13. The maximum atomic E-state index is 13.5. The van der Waals surface area contributed by atoms with Gasteiger partial charge < -0.3 is 18.9 Å². The van der Waals surface area contributed by atoms with E-state index in [-0.39, 0.29) is 81.5 Å². The zero-order chi connectivity index (χ0) is 58.1. The van der Waals surface area contributed by atoms with Gasteiger partial charge in [0, 0.05) is 66.1 Å². The predicted octanol–water partition coefficient (Wildman–Crippen LogP) is 10.7. The average molecular weight is 1120 g/mol. The van der Waals surface area contributed by atoms with Crippen molar-refractivity contribution in [1.82, 2.24) is 19.6 Å². The number of amides is 8. The smallest absolute Gasteiger partial charge is 0.497 e. The van der Waals surface area contributed by atoms with Crippen LogP contribution in [0.25, 0.3) is 21.5 Å². The number of alkyl halides is 6. The van der Waals surface area contributed by atoms with Gasteiger partial charge >= 0.3 is 12.7 Å². The quantitative estimate of drug-likeness (QED) is 0.0834. The number of benzene rings is 8. The van der Waals surface area contributed by atoms with Gasteiger partial charge in [0.15, 0.2) is 0 Å². The Kier molecular flexibility index (Phi) is 13.3. The van der Waals surface area contributed by atoms with Crippen molar-refractivity contribution in [3.8, 4) is 23.0 Å². The Labute approximate surface area is 459 Å². The van der Waals surface area contributed by atoms with Crippen LogP contribution < -0.4 is 18.9 Å². The topological polar surface area (TPSA) is 186 Å². The second-order valence-corrected chi connectivity index (χ2v) is 19.0. The summed E-state index contributed by atoms with van der Waals surface area (Å²) in [4.78, 5) is 112. The SMILES string of the molecule is COc1ccc(CN2C(=O)c3ccc4c5c(ccc(c35)C2=O)C(=O)N(Cc2ccc(OC)cc2)C4=O)cc1.O=C1c2ccc3c4c(ccc(c24)C(=O)N1Cc1ccc(OC(F)(F)F)cc1)C(=O)N(Cc1ccc(OC(F)(F)F)cc1)C3=O. The summed E-state index contributed by atoms with van der Waals surface area (Å²) in [6.07, 6.45) is -9.77. The van der Waals surface area contributed by atoms with Crippen LogP contribution in [0.5, 0.6) is 23.0 Å². The highest BCUT2D eigenvalue weighted by Crippen LogP contribution is 2.41. The highest BCUT2D eigenvalue weighted by Gasteiger charge is 2.42. The van der Waals surface area contributed by atoms with E-state index in [2.05, 4.69) is 9.47 Å². The summed E-state index contributed by atoms with van der Waals surface area (Å²) < 4.78 is 92.9. The molecular weight excluding hydrogens is 1080 g/mol. The number of imide groups is 4. The summed E-state index contributed by atoms with van der Waals surface area (Å²) in [5.74, 6) is -4.41. The van der Waals surface area contributed by atoms with E-state index < -0.39 is 71.5 Å². The minimum atomic E-state index is -4.89. The van der Waals surface area contributed by atoms with Gasteiger partial charge in [0.05, 0.1) is 40.4 Å². The first-order valence-corrected chi connectivity index (χ1v) is 24.7. The van der Waals surface area contributed by atoms with E-state index in [0.717, 1.165) is 45.2 Å². The Morgan fingerprint density at radius 2 is 0.451 bits per heavy atom. The van der Waals surface area contributed by atoms with Gasteiger partial charge in [-0.1, -0.05) is 48.5 Å². The number of carbonyl (C=O) groups excluding carboxylic acids is 8. The molecule has 8 aromatic rings. The van der Waals surface area contributed by atoms with E-state index in [1.165, 1.54) is 58.3 Å². The molecule has 412 valence electrons. The Bertz CT molecular complexity index is 3650. The average Bonchev–Trinajstić information content (AvgIpc) is 1.88. The van der Waals surface area contributed by atoms with Crippen LogP contribution in [0.15, 0.2) is 146 Å². The summed E-state index contributed by atoms with van der Waals surface area (Å²) in [6.45, 7) is -0.376. The zero-order valence-electron chi connectivity index (χ0n) is 42.6. The summed E-state index contributed by atoms with van der Waals surface area (Å²) >= 11 is 0. The van der Waals surface area contributed by atoms with Gasteiger partial charge in [0.25, 0.3) is 47.3 Å². The van der Waals surface area contributed by atoms with E-state index in [1.807, 2.05) is 0 Å². The lowest BCUT2D eigenvalue weighted by Crippen LogP contribution is -2.42. The number of rotatable bonds is 12. The fourth-order valence-electron chi connectivity index (χ4n) is 10.3. The third-order valence-electron chi connectivity index (χ3n) is 14.1. The van der Waals surface area contributed by atoms with Crippen molar-refractivity contribution < 1.29 is 83.6 Å². The molecule has 8 aromatic carbocycles. The van der Waals surface area contributed by atoms with E-state index >= 15 is 0 Å². The van der Waals surface area contributed by atoms with Crippen LogP contribution >= 0.6 is 0 Å². The molecule has 0 saturated heterocycles. The largest absolute Gasteiger partial charge is 0.573 e. The van der Waals surface area contributed by atoms with Crippen molar-refractivity contribution in [3.05, 3.63) is 212 Å². The maximum Gasteiger partial charge on any atom is 0.573 e. The molecule has 82 heavy (non-hydrogen) atoms. The van der Waals surface area contributed by atoms with Crippen molar-refractivity contribution in [2.24, 2.45) is 0 Å². The second kappa shape index (κ2) is 20.4. The molecule has 0 unspecified atom stereocenters. The molecule has 4 heterocycles. The molecule has 22 heteroatoms. The fourth-order valence-corrected chi connectivity index (χ4v) is 10.3. The van der Waals surface area contributed by atoms with Crippen LogP contribution in [-0.4, -0.2) is 93.8 Å². The molecule has 0 spiro atoms. The third-order valence-corrected chi connectivity index (χ3v) is 14.1. The molecule has 0 N–H and O–H groups in total. The molecule has 0 saturated carbocycles. The van der Waals surface area contributed by atoms with Crippen LogP contribution in [0.4, 0.5) is 26.3 Å². The molecular formula is C60H38F6N4O12. The number of carbonyl (C=O) groups is 8. The monoisotopic (exact) mass is 1120 g/mol. The molecule has 4 aliphatic rings. The number of nitrogens with zero attached hydrogens (tertiary/aromatic N) is 4. The number of ether oxygens (including phenoxy) is 4. The van der Waals surface area contributed by atoms with Gasteiger partial charge in [-0.2, -0.15) is 0 Å². The number of hydrogen-bond donors (Lipinski definition) is 0. The van der Waals surface area contributed by atoms with E-state index in [0.29, 0.717) is 33.4 Å². The predicted molar refractivity (Wildman–Crippen MR) is 277 cm³/mol. The van der Waals surface area contributed by atoms with Crippen molar-refractivity contribution in [3.63, 3.8) is 0 Å². The van der Waals surface area contributed by atoms with Gasteiger partial charge in [-0.25, -0.2) is 0 Å². The van der Waals surface area contributed by atoms with Gasteiger partial charge in [-0.05, 0) is 119 Å². The Hall–Kier alpha value is -10.4. The lowest BCUT2D eigenvalue weighted by molar-refractivity contribution is -0.275. The van der Waals surface area contributed by atoms with Crippen molar-refractivity contribution in [1.29, 1.82) is 0 Å². The number of halogens is 6. The van der Waals surface area contributed by atoms with Gasteiger partial charge in [-0.3, -0.25) is 58.0 Å². The Morgan fingerprint density at radius 3 is 0.610 bits per heavy atom. The van der Waals surface area contributed by atoms with E-state index in [4.69, 9.17) is 9.47 Å². The Balaban J connectivity index is 0.000000174.